The van der Waals surface area contributed by atoms with E-state index < -0.39 is 31.8 Å². The molecule has 4 nitrogen and oxygen atoms in total. The molecule has 0 aliphatic carbocycles. The van der Waals surface area contributed by atoms with E-state index in [1.807, 2.05) is 12.1 Å². The van der Waals surface area contributed by atoms with E-state index in [1.54, 1.807) is 12.1 Å². The fraction of sp³-hybridized carbons (Fsp3) is 0.238. The summed E-state index contributed by atoms with van der Waals surface area (Å²) in [4.78, 5) is 0. The lowest BCUT2D eigenvalue weighted by Crippen LogP contribution is -2.78. The first-order valence-electron chi connectivity index (χ1n) is 28.1. The van der Waals surface area contributed by atoms with Gasteiger partial charge in [-0.25, -0.2) is 0 Å². The van der Waals surface area contributed by atoms with Crippen molar-refractivity contribution in [2.45, 2.75) is 91.6 Å². The van der Waals surface area contributed by atoms with E-state index in [-0.39, 0.29) is 17.4 Å². The Morgan fingerprint density at radius 2 is 1.31 bits per heavy atom. The van der Waals surface area contributed by atoms with Crippen LogP contribution in [0.2, 0.25) is 0 Å². The molecule has 7 aromatic carbocycles. The number of nitrogens with zero attached hydrogens (tertiary/aromatic N) is 3. The van der Waals surface area contributed by atoms with E-state index in [2.05, 4.69) is 183 Å². The summed E-state index contributed by atoms with van der Waals surface area (Å²) in [5.41, 5.74) is 15.2. The molecular formula is C63H59N3O+2. The van der Waals surface area contributed by atoms with E-state index >= 15 is 0 Å². The molecule has 1 unspecified atom stereocenters. The van der Waals surface area contributed by atoms with Gasteiger partial charge < -0.3 is 4.74 Å². The van der Waals surface area contributed by atoms with Gasteiger partial charge in [-0.15, -0.1) is 9.13 Å². The monoisotopic (exact) mass is 883 g/mol. The van der Waals surface area contributed by atoms with Crippen LogP contribution in [0.15, 0.2) is 164 Å². The SMILES string of the molecule is [2H]C([2H])([2H])C(c1ccc(-c2cc[n+]3c(c2)-c2cc(-c4ccccc4)cc4c2C32Oc3c(cc(C(C)C)cc3C(C)C)-c3n(-c5ccc(-c6ccccc6)c(CC(C)C)c5)c5cccc-4c5[n+]32)cc1)(C([2H])([2H])[2H])C([2H])([2H])[2H]. The van der Waals surface area contributed by atoms with Crippen molar-refractivity contribution in [1.82, 2.24) is 4.57 Å². The summed E-state index contributed by atoms with van der Waals surface area (Å²) in [6.45, 7) is 3.37. The Morgan fingerprint density at radius 3 is 2.01 bits per heavy atom. The quantitative estimate of drug-likeness (QED) is 0.139. The molecule has 330 valence electrons. The number of hydrogen-bond acceptors (Lipinski definition) is 1. The highest BCUT2D eigenvalue weighted by Crippen LogP contribution is 2.56. The number of benzene rings is 7. The van der Waals surface area contributed by atoms with Crippen molar-refractivity contribution in [2.24, 2.45) is 5.92 Å². The number of rotatable bonds is 8. The van der Waals surface area contributed by atoms with Gasteiger partial charge in [-0.05, 0) is 134 Å². The summed E-state index contributed by atoms with van der Waals surface area (Å²) in [5, 5.41) is 0. The Hall–Kier alpha value is -7.04. The van der Waals surface area contributed by atoms with E-state index in [0.717, 1.165) is 90.5 Å². The highest BCUT2D eigenvalue weighted by atomic mass is 16.5. The van der Waals surface area contributed by atoms with Crippen LogP contribution in [0, 0.1) is 5.92 Å². The van der Waals surface area contributed by atoms with Gasteiger partial charge in [0.05, 0.1) is 5.56 Å². The summed E-state index contributed by atoms with van der Waals surface area (Å²) >= 11 is 0. The van der Waals surface area contributed by atoms with Crippen LogP contribution in [-0.2, 0) is 17.7 Å². The Bertz CT molecular complexity index is 3780. The van der Waals surface area contributed by atoms with Crippen LogP contribution in [-0.4, -0.2) is 4.57 Å². The normalized spacial score (nSPS) is 17.8. The Balaban J connectivity index is 1.17. The average Bonchev–Trinajstić information content (AvgIpc) is 3.96. The number of hydrogen-bond donors (Lipinski definition) is 0. The Labute approximate surface area is 408 Å². The summed E-state index contributed by atoms with van der Waals surface area (Å²) in [5.74, 6) is 1.29. The van der Waals surface area contributed by atoms with Gasteiger partial charge in [-0.2, -0.15) is 4.57 Å². The minimum atomic E-state index is -3.38. The number of imidazole rings is 1. The fourth-order valence-corrected chi connectivity index (χ4v) is 11.1. The van der Waals surface area contributed by atoms with Crippen LogP contribution < -0.4 is 13.9 Å². The van der Waals surface area contributed by atoms with Crippen molar-refractivity contribution < 1.29 is 26.2 Å². The molecule has 12 rings (SSSR count). The van der Waals surface area contributed by atoms with Gasteiger partial charge >= 0.3 is 11.7 Å². The van der Waals surface area contributed by atoms with Crippen LogP contribution in [0.1, 0.15) is 114 Å². The van der Waals surface area contributed by atoms with E-state index in [4.69, 9.17) is 17.1 Å². The molecule has 0 N–H and O–H groups in total. The third-order valence-electron chi connectivity index (χ3n) is 14.2. The number of aromatic nitrogens is 3. The van der Waals surface area contributed by atoms with Crippen LogP contribution in [0.4, 0.5) is 0 Å². The number of pyridine rings is 1. The van der Waals surface area contributed by atoms with Gasteiger partial charge in [-0.3, -0.25) is 0 Å². The van der Waals surface area contributed by atoms with Crippen molar-refractivity contribution in [1.29, 1.82) is 0 Å². The molecule has 1 spiro atoms. The molecular weight excluding hydrogens is 815 g/mol. The minimum absolute atomic E-state index is 0.102. The first-order chi connectivity index (χ1) is 36.1. The maximum atomic E-state index is 8.37. The van der Waals surface area contributed by atoms with Crippen LogP contribution in [0.3, 0.4) is 0 Å². The molecule has 0 amide bonds. The predicted molar refractivity (Wildman–Crippen MR) is 275 cm³/mol. The summed E-state index contributed by atoms with van der Waals surface area (Å²) in [7, 11) is 0. The topological polar surface area (TPSA) is 21.9 Å². The number of para-hydroxylation sites is 1. The van der Waals surface area contributed by atoms with Gasteiger partial charge in [0, 0.05) is 35.6 Å². The van der Waals surface area contributed by atoms with Crippen LogP contribution >= 0.6 is 0 Å². The molecule has 0 bridgehead atoms. The first-order valence-corrected chi connectivity index (χ1v) is 23.6. The van der Waals surface area contributed by atoms with E-state index in [9.17, 15) is 0 Å². The zero-order valence-electron chi connectivity index (χ0n) is 47.8. The zero-order valence-corrected chi connectivity index (χ0v) is 38.8. The second kappa shape index (κ2) is 15.0. The van der Waals surface area contributed by atoms with Crippen molar-refractivity contribution in [3.8, 4) is 78.6 Å². The third-order valence-corrected chi connectivity index (χ3v) is 14.2. The highest BCUT2D eigenvalue weighted by Gasteiger charge is 2.69. The lowest BCUT2D eigenvalue weighted by Gasteiger charge is -2.34. The maximum absolute atomic E-state index is 8.37. The number of fused-ring (bicyclic) bond motifs is 5. The zero-order chi connectivity index (χ0) is 53.6. The average molecular weight is 883 g/mol. The number of ether oxygens (including phenoxy) is 1. The minimum Gasteiger partial charge on any atom is -0.392 e. The predicted octanol–water partition coefficient (Wildman–Crippen LogP) is 15.2. The van der Waals surface area contributed by atoms with Crippen molar-refractivity contribution >= 4 is 11.0 Å². The van der Waals surface area contributed by atoms with Gasteiger partial charge in [0.25, 0.3) is 0 Å². The molecule has 3 aliphatic heterocycles. The van der Waals surface area contributed by atoms with E-state index in [1.165, 1.54) is 34.4 Å². The van der Waals surface area contributed by atoms with Crippen molar-refractivity contribution in [3.63, 3.8) is 0 Å². The molecule has 67 heavy (non-hydrogen) atoms. The summed E-state index contributed by atoms with van der Waals surface area (Å²) < 4.78 is 90.5. The lowest BCUT2D eigenvalue weighted by atomic mass is 9.85. The second-order valence-electron chi connectivity index (χ2n) is 19.8. The highest BCUT2D eigenvalue weighted by molar-refractivity contribution is 5.99. The van der Waals surface area contributed by atoms with Gasteiger partial charge in [-0.1, -0.05) is 159 Å². The molecule has 0 saturated heterocycles. The Kier molecular flexibility index (Phi) is 7.29. The van der Waals surface area contributed by atoms with Crippen molar-refractivity contribution in [2.75, 3.05) is 0 Å². The molecule has 0 saturated carbocycles. The molecule has 5 heterocycles. The lowest BCUT2D eigenvalue weighted by molar-refractivity contribution is -0.997. The summed E-state index contributed by atoms with van der Waals surface area (Å²) in [6, 6.07) is 53.9. The van der Waals surface area contributed by atoms with Gasteiger partial charge in [0.1, 0.15) is 16.8 Å². The molecule has 3 aliphatic rings. The Morgan fingerprint density at radius 1 is 0.597 bits per heavy atom. The van der Waals surface area contributed by atoms with Crippen LogP contribution in [0.5, 0.6) is 5.75 Å². The van der Waals surface area contributed by atoms with Crippen LogP contribution in [0.25, 0.3) is 83.9 Å². The fourth-order valence-electron chi connectivity index (χ4n) is 11.1. The largest absolute Gasteiger partial charge is 0.499 e. The van der Waals surface area contributed by atoms with Gasteiger partial charge in [0.15, 0.2) is 23.0 Å². The smallest absolute Gasteiger partial charge is 0.392 e. The third kappa shape index (κ3) is 6.18. The van der Waals surface area contributed by atoms with Crippen molar-refractivity contribution in [3.05, 3.63) is 192 Å². The standard InChI is InChI=1S/C63H59N3O/c1-38(2)31-47-32-49(27-28-50(47)43-19-14-11-15-20-43)65-56-22-16-21-51-53-35-46(41-17-12-10-13-18-41)36-54-57-37-44(42-23-25-48(26-24-42)62(7,8)9)29-30-64(57)63(58(53)54)66(59(51)56)61(65)55-34-45(39(3)4)33-52(40(5)6)60(55)67-63/h10-30,32-40H,31H2,1-9H3/q+2/i7D3,8D3,9D3. The first kappa shape index (κ1) is 32.6. The molecule has 9 aromatic rings. The molecule has 1 atom stereocenters. The summed E-state index contributed by atoms with van der Waals surface area (Å²) in [6.07, 6.45) is 2.95. The van der Waals surface area contributed by atoms with E-state index in [0.29, 0.717) is 11.5 Å². The molecule has 0 fully saturated rings. The second-order valence-corrected chi connectivity index (χ2v) is 19.8. The maximum Gasteiger partial charge on any atom is 0.499 e. The molecule has 0 radical (unpaired) electrons. The molecule has 4 heteroatoms. The van der Waals surface area contributed by atoms with Gasteiger partial charge in [0.2, 0.25) is 5.69 Å². The molecule has 2 aromatic heterocycles.